The highest BCUT2D eigenvalue weighted by molar-refractivity contribution is 5.76. The highest BCUT2D eigenvalue weighted by Gasteiger charge is 2.53. The fourth-order valence-corrected chi connectivity index (χ4v) is 3.71. The predicted molar refractivity (Wildman–Crippen MR) is 89.8 cm³/mol. The van der Waals surface area contributed by atoms with Gasteiger partial charge in [0.2, 0.25) is 5.91 Å². The summed E-state index contributed by atoms with van der Waals surface area (Å²) in [5.41, 5.74) is -0.803. The van der Waals surface area contributed by atoms with Crippen molar-refractivity contribution in [2.75, 3.05) is 0 Å². The van der Waals surface area contributed by atoms with Gasteiger partial charge in [0.15, 0.2) is 0 Å². The van der Waals surface area contributed by atoms with E-state index >= 15 is 0 Å². The molecule has 1 amide bonds. The fraction of sp³-hybridized carbons (Fsp3) is 0.944. The van der Waals surface area contributed by atoms with E-state index in [1.54, 1.807) is 0 Å². The lowest BCUT2D eigenvalue weighted by Crippen LogP contribution is -2.68. The van der Waals surface area contributed by atoms with Crippen LogP contribution in [0.3, 0.4) is 0 Å². The molecule has 0 spiro atoms. The summed E-state index contributed by atoms with van der Waals surface area (Å²) in [6.45, 7) is 12.5. The molecule has 22 heavy (non-hydrogen) atoms. The second-order valence-electron chi connectivity index (χ2n) is 7.48. The molecule has 0 aliphatic carbocycles. The smallest absolute Gasteiger partial charge is 0.220 e. The first kappa shape index (κ1) is 19.4. The Morgan fingerprint density at radius 3 is 2.32 bits per heavy atom. The van der Waals surface area contributed by atoms with Gasteiger partial charge in [0.1, 0.15) is 0 Å². The Morgan fingerprint density at radius 2 is 1.82 bits per heavy atom. The number of piperidine rings is 1. The zero-order valence-electron chi connectivity index (χ0n) is 15.4. The Bertz CT molecular complexity index is 374. The first-order chi connectivity index (χ1) is 10.2. The number of carbonyl (C=O) groups excluding carboxylic acids is 1. The normalized spacial score (nSPS) is 36.3. The van der Waals surface area contributed by atoms with Crippen LogP contribution < -0.4 is 5.32 Å². The highest BCUT2D eigenvalue weighted by atomic mass is 16.5. The second-order valence-corrected chi connectivity index (χ2v) is 7.48. The maximum absolute atomic E-state index is 12.9. The van der Waals surface area contributed by atoms with E-state index in [-0.39, 0.29) is 17.9 Å². The number of unbranched alkanes of at least 4 members (excludes halogenated alkanes) is 2. The molecule has 1 radical (unpaired) electrons. The second kappa shape index (κ2) is 7.78. The van der Waals surface area contributed by atoms with Crippen molar-refractivity contribution in [2.45, 2.75) is 104 Å². The molecule has 0 aromatic rings. The zero-order valence-corrected chi connectivity index (χ0v) is 15.4. The quantitative estimate of drug-likeness (QED) is 0.720. The maximum atomic E-state index is 12.9. The standard InChI is InChI=1S/C18H35N2O2/c1-7-10-11-12-16(21)19-15-13-17(5,8-2)20(22)18(6,9-3)14(15)4/h14-15H,7-13H2,1-6H3,(H,19,21). The van der Waals surface area contributed by atoms with Crippen molar-refractivity contribution >= 4 is 5.91 Å². The van der Waals surface area contributed by atoms with E-state index < -0.39 is 11.1 Å². The van der Waals surface area contributed by atoms with Gasteiger partial charge in [-0.25, -0.2) is 0 Å². The molecular formula is C18H35N2O2. The average molecular weight is 311 g/mol. The van der Waals surface area contributed by atoms with Crippen molar-refractivity contribution in [1.82, 2.24) is 10.4 Å². The third kappa shape index (κ3) is 3.83. The largest absolute Gasteiger partial charge is 0.353 e. The van der Waals surface area contributed by atoms with E-state index in [9.17, 15) is 10.0 Å². The molecule has 1 saturated heterocycles. The van der Waals surface area contributed by atoms with Crippen molar-refractivity contribution in [3.8, 4) is 0 Å². The Balaban J connectivity index is 2.83. The summed E-state index contributed by atoms with van der Waals surface area (Å²) in [6, 6.07) is 0.0919. The molecule has 0 bridgehead atoms. The molecule has 4 unspecified atom stereocenters. The number of carbonyl (C=O) groups is 1. The summed E-state index contributed by atoms with van der Waals surface area (Å²) in [7, 11) is 0. The molecular weight excluding hydrogens is 276 g/mol. The molecule has 4 atom stereocenters. The van der Waals surface area contributed by atoms with Gasteiger partial charge in [0, 0.05) is 18.0 Å². The fourth-order valence-electron chi connectivity index (χ4n) is 3.71. The third-order valence-electron chi connectivity index (χ3n) is 6.03. The van der Waals surface area contributed by atoms with Gasteiger partial charge in [-0.15, -0.1) is 10.3 Å². The van der Waals surface area contributed by atoms with Crippen LogP contribution in [-0.4, -0.2) is 28.1 Å². The lowest BCUT2D eigenvalue weighted by molar-refractivity contribution is -0.313. The molecule has 0 aromatic heterocycles. The number of rotatable bonds is 7. The van der Waals surface area contributed by atoms with Crippen molar-refractivity contribution < 1.29 is 10.0 Å². The SMILES string of the molecule is CCCCCC(=O)NC1CC(C)(CC)N([O])C(C)(CC)C1C. The summed E-state index contributed by atoms with van der Waals surface area (Å²) >= 11 is 0. The lowest BCUT2D eigenvalue weighted by atomic mass is 9.68. The van der Waals surface area contributed by atoms with Crippen molar-refractivity contribution in [3.05, 3.63) is 0 Å². The first-order valence-corrected chi connectivity index (χ1v) is 9.02. The molecule has 1 N–H and O–H groups in total. The Labute approximate surface area is 136 Å². The van der Waals surface area contributed by atoms with Crippen LogP contribution in [0.25, 0.3) is 0 Å². The molecule has 129 valence electrons. The van der Waals surface area contributed by atoms with Gasteiger partial charge in [0.25, 0.3) is 0 Å². The van der Waals surface area contributed by atoms with E-state index in [1.165, 1.54) is 5.06 Å². The van der Waals surface area contributed by atoms with Gasteiger partial charge in [0.05, 0.1) is 5.54 Å². The van der Waals surface area contributed by atoms with Gasteiger partial charge >= 0.3 is 0 Å². The zero-order chi connectivity index (χ0) is 17.0. The molecule has 1 rings (SSSR count). The summed E-state index contributed by atoms with van der Waals surface area (Å²) < 4.78 is 0. The van der Waals surface area contributed by atoms with Crippen LogP contribution in [0.15, 0.2) is 0 Å². The number of hydrogen-bond donors (Lipinski definition) is 1. The molecule has 1 fully saturated rings. The van der Waals surface area contributed by atoms with E-state index in [1.807, 2.05) is 13.8 Å². The number of nitrogens with zero attached hydrogens (tertiary/aromatic N) is 1. The van der Waals surface area contributed by atoms with Crippen LogP contribution in [0.4, 0.5) is 0 Å². The number of hydroxylamine groups is 2. The number of amides is 1. The highest BCUT2D eigenvalue weighted by Crippen LogP contribution is 2.44. The number of hydrogen-bond acceptors (Lipinski definition) is 2. The summed E-state index contributed by atoms with van der Waals surface area (Å²) in [4.78, 5) is 12.2. The average Bonchev–Trinajstić information content (AvgIpc) is 2.51. The van der Waals surface area contributed by atoms with E-state index in [0.29, 0.717) is 6.42 Å². The van der Waals surface area contributed by atoms with Crippen LogP contribution in [0.2, 0.25) is 0 Å². The summed E-state index contributed by atoms with van der Waals surface area (Å²) in [6.07, 6.45) is 6.12. The van der Waals surface area contributed by atoms with E-state index in [0.717, 1.165) is 38.5 Å². The first-order valence-electron chi connectivity index (χ1n) is 9.02. The third-order valence-corrected chi connectivity index (χ3v) is 6.03. The molecule has 4 nitrogen and oxygen atoms in total. The topological polar surface area (TPSA) is 52.2 Å². The Morgan fingerprint density at radius 1 is 1.18 bits per heavy atom. The molecule has 4 heteroatoms. The van der Waals surface area contributed by atoms with Crippen LogP contribution in [0, 0.1) is 5.92 Å². The van der Waals surface area contributed by atoms with Gasteiger partial charge < -0.3 is 5.32 Å². The van der Waals surface area contributed by atoms with E-state index in [4.69, 9.17) is 0 Å². The molecule has 0 saturated carbocycles. The minimum atomic E-state index is -0.412. The summed E-state index contributed by atoms with van der Waals surface area (Å²) in [5.74, 6) is 0.298. The van der Waals surface area contributed by atoms with Gasteiger partial charge in [-0.2, -0.15) is 0 Å². The molecule has 1 aliphatic rings. The minimum Gasteiger partial charge on any atom is -0.353 e. The van der Waals surface area contributed by atoms with Gasteiger partial charge in [-0.05, 0) is 45.4 Å². The van der Waals surface area contributed by atoms with Crippen molar-refractivity contribution in [3.63, 3.8) is 0 Å². The van der Waals surface area contributed by atoms with Crippen LogP contribution in [-0.2, 0) is 10.0 Å². The minimum absolute atomic E-state index is 0.0919. The summed E-state index contributed by atoms with van der Waals surface area (Å²) in [5, 5.41) is 17.4. The lowest BCUT2D eigenvalue weighted by Gasteiger charge is -2.56. The maximum Gasteiger partial charge on any atom is 0.220 e. The van der Waals surface area contributed by atoms with Crippen LogP contribution in [0.5, 0.6) is 0 Å². The monoisotopic (exact) mass is 311 g/mol. The van der Waals surface area contributed by atoms with Crippen molar-refractivity contribution in [2.24, 2.45) is 5.92 Å². The van der Waals surface area contributed by atoms with Crippen LogP contribution in [0.1, 0.15) is 86.5 Å². The predicted octanol–water partition coefficient (Wildman–Crippen LogP) is 4.08. The van der Waals surface area contributed by atoms with Gasteiger partial charge in [-0.3, -0.25) is 4.79 Å². The number of nitrogens with one attached hydrogen (secondary N) is 1. The Kier molecular flexibility index (Phi) is 6.87. The molecule has 0 aromatic carbocycles. The van der Waals surface area contributed by atoms with Crippen LogP contribution >= 0.6 is 0 Å². The Hall–Kier alpha value is -0.610. The van der Waals surface area contributed by atoms with Gasteiger partial charge in [-0.1, -0.05) is 40.5 Å². The van der Waals surface area contributed by atoms with E-state index in [2.05, 4.69) is 33.0 Å². The molecule has 1 heterocycles. The molecule has 1 aliphatic heterocycles. The van der Waals surface area contributed by atoms with Crippen molar-refractivity contribution in [1.29, 1.82) is 0 Å².